The quantitative estimate of drug-likeness (QED) is 0.728. The molecule has 0 fully saturated rings. The van der Waals surface area contributed by atoms with E-state index in [1.165, 1.54) is 12.1 Å². The van der Waals surface area contributed by atoms with Crippen LogP contribution in [0.25, 0.3) is 10.8 Å². The molecule has 106 valence electrons. The van der Waals surface area contributed by atoms with Crippen LogP contribution in [-0.2, 0) is 6.54 Å². The molecule has 1 N–H and O–H groups in total. The fraction of sp³-hybridized carbons (Fsp3) is 0.0625. The maximum absolute atomic E-state index is 13.8. The van der Waals surface area contributed by atoms with Gasteiger partial charge in [-0.1, -0.05) is 34.1 Å². The van der Waals surface area contributed by atoms with Gasteiger partial charge in [0.25, 0.3) is 0 Å². The van der Waals surface area contributed by atoms with E-state index in [9.17, 15) is 8.78 Å². The van der Waals surface area contributed by atoms with Gasteiger partial charge in [0.1, 0.15) is 17.3 Å². The molecular weight excluding hydrogens is 338 g/mol. The summed E-state index contributed by atoms with van der Waals surface area (Å²) in [5.41, 5.74) is 0.834. The molecule has 0 aliphatic heterocycles. The van der Waals surface area contributed by atoms with Crippen LogP contribution in [0.4, 0.5) is 14.5 Å². The van der Waals surface area contributed by atoms with Crippen LogP contribution in [-0.4, -0.2) is 4.98 Å². The van der Waals surface area contributed by atoms with Gasteiger partial charge in [-0.05, 0) is 29.1 Å². The first-order valence-corrected chi connectivity index (χ1v) is 7.14. The van der Waals surface area contributed by atoms with Crippen LogP contribution < -0.4 is 5.32 Å². The maximum Gasteiger partial charge on any atom is 0.150 e. The third-order valence-electron chi connectivity index (χ3n) is 3.23. The van der Waals surface area contributed by atoms with Crippen LogP contribution in [0.3, 0.4) is 0 Å². The average molecular weight is 349 g/mol. The second-order valence-corrected chi connectivity index (χ2v) is 5.53. The topological polar surface area (TPSA) is 24.9 Å². The second kappa shape index (κ2) is 5.77. The normalized spacial score (nSPS) is 10.8. The van der Waals surface area contributed by atoms with E-state index in [4.69, 9.17) is 0 Å². The van der Waals surface area contributed by atoms with E-state index in [2.05, 4.69) is 26.2 Å². The fourth-order valence-corrected chi connectivity index (χ4v) is 2.64. The summed E-state index contributed by atoms with van der Waals surface area (Å²) in [7, 11) is 0. The highest BCUT2D eigenvalue weighted by Crippen LogP contribution is 2.25. The van der Waals surface area contributed by atoms with Crippen molar-refractivity contribution in [2.24, 2.45) is 0 Å². The Morgan fingerprint density at radius 2 is 1.86 bits per heavy atom. The summed E-state index contributed by atoms with van der Waals surface area (Å²) in [5.74, 6) is -1.24. The molecule has 21 heavy (non-hydrogen) atoms. The number of pyridine rings is 1. The Morgan fingerprint density at radius 3 is 2.62 bits per heavy atom. The van der Waals surface area contributed by atoms with Crippen molar-refractivity contribution in [1.29, 1.82) is 0 Å². The Hall–Kier alpha value is -2.01. The largest absolute Gasteiger partial charge is 0.376 e. The van der Waals surface area contributed by atoms with E-state index < -0.39 is 11.6 Å². The van der Waals surface area contributed by atoms with E-state index >= 15 is 0 Å². The van der Waals surface area contributed by atoms with Crippen molar-refractivity contribution in [2.45, 2.75) is 6.54 Å². The molecule has 2 aromatic carbocycles. The highest BCUT2D eigenvalue weighted by atomic mass is 79.9. The molecule has 0 spiro atoms. The molecule has 3 rings (SSSR count). The molecule has 0 aliphatic carbocycles. The lowest BCUT2D eigenvalue weighted by Gasteiger charge is -2.11. The molecule has 0 amide bonds. The van der Waals surface area contributed by atoms with Crippen molar-refractivity contribution < 1.29 is 8.78 Å². The van der Waals surface area contributed by atoms with Gasteiger partial charge in [-0.15, -0.1) is 0 Å². The van der Waals surface area contributed by atoms with Gasteiger partial charge in [-0.2, -0.15) is 0 Å². The summed E-state index contributed by atoms with van der Waals surface area (Å²) < 4.78 is 27.9. The minimum atomic E-state index is -0.622. The predicted molar refractivity (Wildman–Crippen MR) is 83.1 cm³/mol. The van der Waals surface area contributed by atoms with Gasteiger partial charge >= 0.3 is 0 Å². The van der Waals surface area contributed by atoms with E-state index in [0.717, 1.165) is 16.3 Å². The number of rotatable bonds is 3. The molecule has 0 saturated heterocycles. The Labute approximate surface area is 129 Å². The molecule has 0 aliphatic rings. The SMILES string of the molecule is Fc1cc(Br)cc(F)c1NCc1cccc2cnccc12. The smallest absolute Gasteiger partial charge is 0.150 e. The number of nitrogens with zero attached hydrogens (tertiary/aromatic N) is 1. The summed E-state index contributed by atoms with van der Waals surface area (Å²) in [6.45, 7) is 0.330. The first kappa shape index (κ1) is 13.9. The zero-order chi connectivity index (χ0) is 14.8. The second-order valence-electron chi connectivity index (χ2n) is 4.61. The first-order valence-electron chi connectivity index (χ1n) is 6.35. The van der Waals surface area contributed by atoms with Crippen molar-refractivity contribution in [3.8, 4) is 0 Å². The van der Waals surface area contributed by atoms with Crippen molar-refractivity contribution >= 4 is 32.4 Å². The van der Waals surface area contributed by atoms with Crippen LogP contribution in [0.1, 0.15) is 5.56 Å². The molecular formula is C16H11BrF2N2. The Balaban J connectivity index is 1.91. The van der Waals surface area contributed by atoms with Gasteiger partial charge in [-0.25, -0.2) is 8.78 Å². The van der Waals surface area contributed by atoms with Gasteiger partial charge in [-0.3, -0.25) is 4.98 Å². The summed E-state index contributed by atoms with van der Waals surface area (Å²) in [5, 5.41) is 4.83. The van der Waals surface area contributed by atoms with Crippen LogP contribution in [0.15, 0.2) is 53.3 Å². The van der Waals surface area contributed by atoms with Gasteiger partial charge in [0.15, 0.2) is 0 Å². The van der Waals surface area contributed by atoms with Gasteiger partial charge < -0.3 is 5.32 Å². The van der Waals surface area contributed by atoms with Crippen LogP contribution in [0, 0.1) is 11.6 Å². The number of anilines is 1. The number of fused-ring (bicyclic) bond motifs is 1. The Bertz CT molecular complexity index is 777. The molecule has 0 bridgehead atoms. The lowest BCUT2D eigenvalue weighted by atomic mass is 10.1. The van der Waals surface area contributed by atoms with E-state index in [1.54, 1.807) is 12.4 Å². The maximum atomic E-state index is 13.8. The standard InChI is InChI=1S/C16H11BrF2N2/c17-12-6-14(18)16(15(19)7-12)21-9-11-3-1-2-10-8-20-5-4-13(10)11/h1-8,21H,9H2. The molecule has 0 radical (unpaired) electrons. The van der Waals surface area contributed by atoms with Crippen LogP contribution >= 0.6 is 15.9 Å². The van der Waals surface area contributed by atoms with Gasteiger partial charge in [0, 0.05) is 28.8 Å². The molecule has 5 heteroatoms. The summed E-state index contributed by atoms with van der Waals surface area (Å²) in [6, 6.07) is 10.1. The van der Waals surface area contributed by atoms with Gasteiger partial charge in [0.2, 0.25) is 0 Å². The number of hydrogen-bond acceptors (Lipinski definition) is 2. The minimum absolute atomic E-state index is 0.121. The fourth-order valence-electron chi connectivity index (χ4n) is 2.24. The molecule has 1 aromatic heterocycles. The highest BCUT2D eigenvalue weighted by Gasteiger charge is 2.10. The van der Waals surface area contributed by atoms with Crippen molar-refractivity contribution in [3.05, 3.63) is 70.5 Å². The Morgan fingerprint density at radius 1 is 1.10 bits per heavy atom. The zero-order valence-corrected chi connectivity index (χ0v) is 12.5. The Kier molecular flexibility index (Phi) is 3.84. The summed E-state index contributed by atoms with van der Waals surface area (Å²) in [4.78, 5) is 4.06. The van der Waals surface area contributed by atoms with Crippen LogP contribution in [0.2, 0.25) is 0 Å². The van der Waals surface area contributed by atoms with Crippen molar-refractivity contribution in [1.82, 2.24) is 4.98 Å². The summed E-state index contributed by atoms with van der Waals surface area (Å²) >= 11 is 3.06. The van der Waals surface area contributed by atoms with Gasteiger partial charge in [0.05, 0.1) is 0 Å². The van der Waals surface area contributed by atoms with Crippen molar-refractivity contribution in [2.75, 3.05) is 5.32 Å². The van der Waals surface area contributed by atoms with Crippen molar-refractivity contribution in [3.63, 3.8) is 0 Å². The summed E-state index contributed by atoms with van der Waals surface area (Å²) in [6.07, 6.45) is 3.46. The molecule has 1 heterocycles. The first-order chi connectivity index (χ1) is 10.1. The molecule has 3 aromatic rings. The molecule has 2 nitrogen and oxygen atoms in total. The van der Waals surface area contributed by atoms with E-state index in [0.29, 0.717) is 11.0 Å². The lowest BCUT2D eigenvalue weighted by Crippen LogP contribution is -2.04. The van der Waals surface area contributed by atoms with E-state index in [1.807, 2.05) is 24.3 Å². The highest BCUT2D eigenvalue weighted by molar-refractivity contribution is 9.10. The third-order valence-corrected chi connectivity index (χ3v) is 3.69. The molecule has 0 atom stereocenters. The van der Waals surface area contributed by atoms with Crippen LogP contribution in [0.5, 0.6) is 0 Å². The minimum Gasteiger partial charge on any atom is -0.376 e. The predicted octanol–water partition coefficient (Wildman–Crippen LogP) is 4.89. The monoisotopic (exact) mass is 348 g/mol. The molecule has 0 unspecified atom stereocenters. The number of hydrogen-bond donors (Lipinski definition) is 1. The average Bonchev–Trinajstić information content (AvgIpc) is 2.46. The van der Waals surface area contributed by atoms with E-state index in [-0.39, 0.29) is 5.69 Å². The molecule has 0 saturated carbocycles. The third kappa shape index (κ3) is 2.88. The number of nitrogens with one attached hydrogen (secondary N) is 1. The zero-order valence-electron chi connectivity index (χ0n) is 10.9. The lowest BCUT2D eigenvalue weighted by molar-refractivity contribution is 0.586. The number of halogens is 3. The number of benzene rings is 2. The number of aromatic nitrogens is 1.